The quantitative estimate of drug-likeness (QED) is 0.382. The second kappa shape index (κ2) is 5.78. The minimum Gasteiger partial charge on any atom is -0.312 e. The lowest BCUT2D eigenvalue weighted by molar-refractivity contribution is 0.675. The van der Waals surface area contributed by atoms with E-state index in [0.717, 1.165) is 11.1 Å². The van der Waals surface area contributed by atoms with Crippen molar-refractivity contribution >= 4 is 7.85 Å². The molecule has 2 radical (unpaired) electrons. The monoisotopic (exact) mass is 176 g/mol. The lowest BCUT2D eigenvalue weighted by Gasteiger charge is -2.14. The van der Waals surface area contributed by atoms with Crippen LogP contribution >= 0.6 is 0 Å². The number of hydrogen-bond donors (Lipinski definition) is 2. The first kappa shape index (κ1) is 12.2. The molecule has 3 heteroatoms. The fraction of sp³-hybridized carbons (Fsp3) is 0.400. The predicted molar refractivity (Wildman–Crippen MR) is 59.4 cm³/mol. The lowest BCUT2D eigenvalue weighted by Crippen LogP contribution is -2.36. The number of nitrogens with one attached hydrogen (secondary N) is 1. The van der Waals surface area contributed by atoms with E-state index in [0.29, 0.717) is 5.47 Å². The predicted octanol–water partition coefficient (Wildman–Crippen LogP) is 1.07. The van der Waals surface area contributed by atoms with Gasteiger partial charge in [0, 0.05) is 0 Å². The van der Waals surface area contributed by atoms with Gasteiger partial charge in [-0.3, -0.25) is 0 Å². The van der Waals surface area contributed by atoms with Crippen LogP contribution in [0.1, 0.15) is 13.8 Å². The number of likely N-dealkylation sites (N-methyl/N-ethyl adjacent to an activating group) is 1. The molecule has 0 saturated carbocycles. The molecule has 0 aliphatic rings. The Kier molecular flexibility index (Phi) is 5.43. The van der Waals surface area contributed by atoms with Crippen LogP contribution in [0.4, 0.5) is 0 Å². The minimum absolute atomic E-state index is 0.256. The second-order valence-corrected chi connectivity index (χ2v) is 3.10. The number of hydrogen-bond acceptors (Lipinski definition) is 2. The molecule has 0 aromatic rings. The van der Waals surface area contributed by atoms with E-state index < -0.39 is 0 Å². The molecule has 3 N–H and O–H groups in total. The first-order chi connectivity index (χ1) is 6.02. The molecule has 70 valence electrons. The van der Waals surface area contributed by atoms with E-state index >= 15 is 0 Å². The van der Waals surface area contributed by atoms with Gasteiger partial charge in [-0.25, -0.2) is 0 Å². The van der Waals surface area contributed by atoms with Crippen LogP contribution in [0.3, 0.4) is 0 Å². The van der Waals surface area contributed by atoms with Crippen molar-refractivity contribution in [2.24, 2.45) is 5.73 Å². The molecule has 0 heterocycles. The van der Waals surface area contributed by atoms with Crippen LogP contribution < -0.4 is 11.1 Å². The molecule has 0 aromatic heterocycles. The highest BCUT2D eigenvalue weighted by Gasteiger charge is 2.04. The molecule has 0 aromatic carbocycles. The number of nitrogens with two attached hydrogens (primary N) is 1. The van der Waals surface area contributed by atoms with Crippen LogP contribution in [-0.2, 0) is 0 Å². The molecule has 0 amide bonds. The number of rotatable bonds is 4. The molecule has 2 nitrogen and oxygen atoms in total. The highest BCUT2D eigenvalue weighted by molar-refractivity contribution is 6.24. The van der Waals surface area contributed by atoms with Gasteiger partial charge in [0.2, 0.25) is 0 Å². The van der Waals surface area contributed by atoms with E-state index in [2.05, 4.69) is 11.9 Å². The van der Waals surface area contributed by atoms with Crippen LogP contribution in [0, 0.1) is 0 Å². The normalized spacial score (nSPS) is 14.5. The van der Waals surface area contributed by atoms with Gasteiger partial charge >= 0.3 is 0 Å². The zero-order valence-electron chi connectivity index (χ0n) is 8.59. The van der Waals surface area contributed by atoms with Crippen molar-refractivity contribution in [3.05, 3.63) is 35.3 Å². The van der Waals surface area contributed by atoms with Gasteiger partial charge < -0.3 is 11.1 Å². The summed E-state index contributed by atoms with van der Waals surface area (Å²) in [7, 11) is 7.60. The highest BCUT2D eigenvalue weighted by atomic mass is 15.0. The van der Waals surface area contributed by atoms with Crippen LogP contribution in [0.25, 0.3) is 0 Å². The van der Waals surface area contributed by atoms with Gasteiger partial charge in [0.15, 0.2) is 0 Å². The van der Waals surface area contributed by atoms with E-state index in [1.807, 2.05) is 19.9 Å². The Hall–Kier alpha value is -0.795. The summed E-state index contributed by atoms with van der Waals surface area (Å²) in [5, 5.41) is 2.91. The van der Waals surface area contributed by atoms with Crippen molar-refractivity contribution < 1.29 is 0 Å². The standard InChI is InChI=1S/C10H17BN2/c1-5-8(10(12)13-4)9(11)6-7(2)3/h5-6,10,13H,1,12H2,2-4H3/b9-8-. The average Bonchev–Trinajstić information content (AvgIpc) is 2.03. The first-order valence-corrected chi connectivity index (χ1v) is 4.22. The van der Waals surface area contributed by atoms with Gasteiger partial charge in [-0.15, -0.1) is 0 Å². The van der Waals surface area contributed by atoms with Gasteiger partial charge in [-0.2, -0.15) is 0 Å². The summed E-state index contributed by atoms with van der Waals surface area (Å²) in [4.78, 5) is 0. The van der Waals surface area contributed by atoms with Gasteiger partial charge in [-0.05, 0) is 26.5 Å². The van der Waals surface area contributed by atoms with Gasteiger partial charge in [0.1, 0.15) is 7.85 Å². The van der Waals surface area contributed by atoms with Crippen molar-refractivity contribution in [1.29, 1.82) is 0 Å². The van der Waals surface area contributed by atoms with Gasteiger partial charge in [0.25, 0.3) is 0 Å². The molecule has 0 spiro atoms. The SMILES string of the molecule is [B]/C(C=C(C)C)=C(/C=C)C(N)NC. The van der Waals surface area contributed by atoms with Crippen LogP contribution in [0.2, 0.25) is 0 Å². The molecular formula is C10H17BN2. The second-order valence-electron chi connectivity index (χ2n) is 3.10. The summed E-state index contributed by atoms with van der Waals surface area (Å²) in [6.45, 7) is 7.64. The molecule has 0 aliphatic heterocycles. The Labute approximate surface area is 82.0 Å². The summed E-state index contributed by atoms with van der Waals surface area (Å²) in [6.07, 6.45) is 3.30. The first-order valence-electron chi connectivity index (χ1n) is 4.22. The molecule has 0 saturated heterocycles. The van der Waals surface area contributed by atoms with E-state index in [9.17, 15) is 0 Å². The fourth-order valence-corrected chi connectivity index (χ4v) is 0.974. The van der Waals surface area contributed by atoms with E-state index in [1.165, 1.54) is 0 Å². The maximum absolute atomic E-state index is 5.82. The Morgan fingerprint density at radius 3 is 2.38 bits per heavy atom. The van der Waals surface area contributed by atoms with Crippen LogP contribution in [0.15, 0.2) is 35.3 Å². The van der Waals surface area contributed by atoms with Crippen LogP contribution in [0.5, 0.6) is 0 Å². The van der Waals surface area contributed by atoms with Crippen LogP contribution in [-0.4, -0.2) is 21.1 Å². The van der Waals surface area contributed by atoms with E-state index in [4.69, 9.17) is 13.6 Å². The van der Waals surface area contributed by atoms with Crippen molar-refractivity contribution in [3.63, 3.8) is 0 Å². The maximum Gasteiger partial charge on any atom is 0.114 e. The average molecular weight is 176 g/mol. The summed E-state index contributed by atoms with van der Waals surface area (Å²) in [5.74, 6) is 0. The lowest BCUT2D eigenvalue weighted by atomic mass is 9.87. The third kappa shape index (κ3) is 4.11. The fourth-order valence-electron chi connectivity index (χ4n) is 0.974. The molecule has 1 atom stereocenters. The summed E-state index contributed by atoms with van der Waals surface area (Å²) >= 11 is 0. The minimum atomic E-state index is -0.256. The van der Waals surface area contributed by atoms with Crippen molar-refractivity contribution in [2.75, 3.05) is 7.05 Å². The number of allylic oxidation sites excluding steroid dienone is 3. The zero-order chi connectivity index (χ0) is 10.4. The van der Waals surface area contributed by atoms with Gasteiger partial charge in [-0.1, -0.05) is 29.8 Å². The molecule has 0 aliphatic carbocycles. The van der Waals surface area contributed by atoms with Crippen molar-refractivity contribution in [2.45, 2.75) is 20.0 Å². The molecule has 1 unspecified atom stereocenters. The van der Waals surface area contributed by atoms with E-state index in [1.54, 1.807) is 13.1 Å². The summed E-state index contributed by atoms with van der Waals surface area (Å²) in [5.41, 5.74) is 8.38. The third-order valence-corrected chi connectivity index (χ3v) is 1.64. The Balaban J connectivity index is 4.89. The smallest absolute Gasteiger partial charge is 0.114 e. The Morgan fingerprint density at radius 1 is 1.54 bits per heavy atom. The molecular weight excluding hydrogens is 159 g/mol. The Bertz CT molecular complexity index is 237. The van der Waals surface area contributed by atoms with Crippen molar-refractivity contribution in [3.8, 4) is 0 Å². The van der Waals surface area contributed by atoms with E-state index in [-0.39, 0.29) is 6.17 Å². The van der Waals surface area contributed by atoms with Gasteiger partial charge in [0.05, 0.1) is 6.17 Å². The summed E-state index contributed by atoms with van der Waals surface area (Å²) in [6, 6.07) is 0. The maximum atomic E-state index is 5.82. The zero-order valence-corrected chi connectivity index (χ0v) is 8.59. The summed E-state index contributed by atoms with van der Waals surface area (Å²) < 4.78 is 0. The molecule has 13 heavy (non-hydrogen) atoms. The third-order valence-electron chi connectivity index (χ3n) is 1.64. The topological polar surface area (TPSA) is 38.0 Å². The molecule has 0 fully saturated rings. The largest absolute Gasteiger partial charge is 0.312 e. The highest BCUT2D eigenvalue weighted by Crippen LogP contribution is 2.08. The molecule has 0 rings (SSSR count). The Morgan fingerprint density at radius 2 is 2.08 bits per heavy atom. The molecule has 0 bridgehead atoms. The van der Waals surface area contributed by atoms with Crippen molar-refractivity contribution in [1.82, 2.24) is 5.32 Å².